The molecule has 4 nitrogen and oxygen atoms in total. The topological polar surface area (TPSA) is 53.1 Å². The molecule has 1 heterocycles. The first-order valence-electron chi connectivity index (χ1n) is 5.80. The van der Waals surface area contributed by atoms with E-state index in [1.807, 2.05) is 17.1 Å². The number of nitrogens with zero attached hydrogens (tertiary/aromatic N) is 2. The fourth-order valence-corrected chi connectivity index (χ4v) is 2.07. The molecule has 0 atom stereocenters. The average Bonchev–Trinajstić information content (AvgIpc) is 2.60. The molecule has 0 aliphatic carbocycles. The second-order valence-corrected chi connectivity index (χ2v) is 10.9. The Kier molecular flexibility index (Phi) is 5.17. The summed E-state index contributed by atoms with van der Waals surface area (Å²) >= 11 is 0. The molecule has 2 N–H and O–H groups in total. The van der Waals surface area contributed by atoms with Crippen molar-refractivity contribution in [1.82, 2.24) is 9.78 Å². The fraction of sp³-hybridized carbons (Fsp3) is 0.727. The zero-order valence-electron chi connectivity index (χ0n) is 10.6. The second kappa shape index (κ2) is 6.17. The summed E-state index contributed by atoms with van der Waals surface area (Å²) in [4.78, 5) is 0. The van der Waals surface area contributed by atoms with Gasteiger partial charge in [0.25, 0.3) is 0 Å². The van der Waals surface area contributed by atoms with Gasteiger partial charge in [-0.25, -0.2) is 4.68 Å². The second-order valence-electron chi connectivity index (χ2n) is 5.27. The minimum atomic E-state index is -0.974. The monoisotopic (exact) mass is 241 g/mol. The molecule has 1 aromatic heterocycles. The van der Waals surface area contributed by atoms with E-state index >= 15 is 0 Å². The van der Waals surface area contributed by atoms with E-state index < -0.39 is 8.07 Å². The van der Waals surface area contributed by atoms with E-state index in [0.29, 0.717) is 13.3 Å². The standard InChI is InChI=1S/C11H23N3OSi/c1-16(2,3)7-6-15-10-14-9-11(4-5-12)8-13-14/h8-9H,4-7,10,12H2,1-3H3. The average molecular weight is 241 g/mol. The minimum Gasteiger partial charge on any atom is -0.360 e. The summed E-state index contributed by atoms with van der Waals surface area (Å²) < 4.78 is 7.42. The van der Waals surface area contributed by atoms with Crippen LogP contribution in [0.4, 0.5) is 0 Å². The molecule has 0 amide bonds. The third kappa shape index (κ3) is 5.44. The van der Waals surface area contributed by atoms with Gasteiger partial charge in [0, 0.05) is 20.9 Å². The van der Waals surface area contributed by atoms with Crippen LogP contribution in [0.1, 0.15) is 5.56 Å². The molecule has 92 valence electrons. The molecule has 0 aromatic carbocycles. The van der Waals surface area contributed by atoms with Crippen molar-refractivity contribution in [2.45, 2.75) is 38.8 Å². The highest BCUT2D eigenvalue weighted by Gasteiger charge is 2.11. The molecule has 0 radical (unpaired) electrons. The van der Waals surface area contributed by atoms with Crippen LogP contribution in [-0.4, -0.2) is 31.0 Å². The Morgan fingerprint density at radius 3 is 2.81 bits per heavy atom. The van der Waals surface area contributed by atoms with Crippen molar-refractivity contribution in [1.29, 1.82) is 0 Å². The van der Waals surface area contributed by atoms with E-state index in [2.05, 4.69) is 24.7 Å². The lowest BCUT2D eigenvalue weighted by Crippen LogP contribution is -2.22. The molecule has 0 saturated carbocycles. The maximum atomic E-state index is 5.59. The van der Waals surface area contributed by atoms with Gasteiger partial charge in [0.15, 0.2) is 0 Å². The first-order valence-corrected chi connectivity index (χ1v) is 9.51. The summed E-state index contributed by atoms with van der Waals surface area (Å²) in [6.07, 6.45) is 4.74. The highest BCUT2D eigenvalue weighted by atomic mass is 28.3. The largest absolute Gasteiger partial charge is 0.360 e. The van der Waals surface area contributed by atoms with E-state index in [9.17, 15) is 0 Å². The quantitative estimate of drug-likeness (QED) is 0.584. The molecule has 5 heteroatoms. The Labute approximate surface area is 98.8 Å². The Hall–Kier alpha value is -0.653. The molecule has 0 spiro atoms. The van der Waals surface area contributed by atoms with Crippen molar-refractivity contribution in [3.63, 3.8) is 0 Å². The lowest BCUT2D eigenvalue weighted by Gasteiger charge is -2.15. The summed E-state index contributed by atoms with van der Waals surface area (Å²) in [7, 11) is -0.974. The van der Waals surface area contributed by atoms with Gasteiger partial charge >= 0.3 is 0 Å². The van der Waals surface area contributed by atoms with Crippen molar-refractivity contribution in [2.75, 3.05) is 13.2 Å². The summed E-state index contributed by atoms with van der Waals surface area (Å²) in [5, 5.41) is 4.22. The van der Waals surface area contributed by atoms with Gasteiger partial charge in [0.05, 0.1) is 6.20 Å². The molecule has 0 fully saturated rings. The summed E-state index contributed by atoms with van der Waals surface area (Å²) in [5.74, 6) is 0. The normalized spacial score (nSPS) is 12.0. The zero-order valence-corrected chi connectivity index (χ0v) is 11.6. The Morgan fingerprint density at radius 2 is 2.19 bits per heavy atom. The van der Waals surface area contributed by atoms with Crippen LogP contribution < -0.4 is 5.73 Å². The maximum absolute atomic E-state index is 5.59. The summed E-state index contributed by atoms with van der Waals surface area (Å²) in [6.45, 7) is 9.11. The molecule has 0 bridgehead atoms. The Morgan fingerprint density at radius 1 is 1.44 bits per heavy atom. The lowest BCUT2D eigenvalue weighted by atomic mass is 10.3. The maximum Gasteiger partial charge on any atom is 0.139 e. The van der Waals surface area contributed by atoms with Crippen LogP contribution >= 0.6 is 0 Å². The van der Waals surface area contributed by atoms with E-state index in [-0.39, 0.29) is 0 Å². The first kappa shape index (κ1) is 13.4. The molecule has 1 rings (SSSR count). The fourth-order valence-electron chi connectivity index (χ4n) is 1.31. The molecule has 16 heavy (non-hydrogen) atoms. The minimum absolute atomic E-state index is 0.551. The van der Waals surface area contributed by atoms with E-state index in [1.54, 1.807) is 0 Å². The number of hydrogen-bond donors (Lipinski definition) is 1. The number of nitrogens with two attached hydrogens (primary N) is 1. The van der Waals surface area contributed by atoms with Gasteiger partial charge in [0.1, 0.15) is 6.73 Å². The van der Waals surface area contributed by atoms with Crippen molar-refractivity contribution in [2.24, 2.45) is 5.73 Å². The van der Waals surface area contributed by atoms with Gasteiger partial charge in [-0.1, -0.05) is 19.6 Å². The van der Waals surface area contributed by atoms with Crippen LogP contribution in [0.3, 0.4) is 0 Å². The lowest BCUT2D eigenvalue weighted by molar-refractivity contribution is 0.0785. The van der Waals surface area contributed by atoms with Crippen LogP contribution in [0.5, 0.6) is 0 Å². The van der Waals surface area contributed by atoms with Crippen molar-refractivity contribution >= 4 is 8.07 Å². The zero-order chi connectivity index (χ0) is 12.0. The molecular formula is C11H23N3OSi. The molecule has 0 aliphatic heterocycles. The van der Waals surface area contributed by atoms with Crippen molar-refractivity contribution in [3.8, 4) is 0 Å². The highest BCUT2D eigenvalue weighted by Crippen LogP contribution is 2.07. The number of rotatable bonds is 7. The Balaban J connectivity index is 2.21. The van der Waals surface area contributed by atoms with Gasteiger partial charge in [-0.15, -0.1) is 0 Å². The Bertz CT molecular complexity index is 306. The van der Waals surface area contributed by atoms with E-state index in [4.69, 9.17) is 10.5 Å². The first-order chi connectivity index (χ1) is 7.51. The smallest absolute Gasteiger partial charge is 0.139 e. The number of aromatic nitrogens is 2. The molecule has 0 aliphatic rings. The molecule has 1 aromatic rings. The third-order valence-electron chi connectivity index (χ3n) is 2.34. The van der Waals surface area contributed by atoms with Crippen LogP contribution in [-0.2, 0) is 17.9 Å². The van der Waals surface area contributed by atoms with Crippen LogP contribution in [0.25, 0.3) is 0 Å². The van der Waals surface area contributed by atoms with Gasteiger partial charge in [0.2, 0.25) is 0 Å². The summed E-state index contributed by atoms with van der Waals surface area (Å²) in [5.41, 5.74) is 6.65. The molecule has 0 saturated heterocycles. The van der Waals surface area contributed by atoms with Gasteiger partial charge in [-0.3, -0.25) is 0 Å². The third-order valence-corrected chi connectivity index (χ3v) is 4.04. The van der Waals surface area contributed by atoms with Crippen molar-refractivity contribution < 1.29 is 4.74 Å². The summed E-state index contributed by atoms with van der Waals surface area (Å²) in [6, 6.07) is 1.20. The van der Waals surface area contributed by atoms with Crippen molar-refractivity contribution in [3.05, 3.63) is 18.0 Å². The molecule has 0 unspecified atom stereocenters. The SMILES string of the molecule is C[Si](C)(C)CCOCn1cc(CCN)cn1. The predicted octanol–water partition coefficient (Wildman–Crippen LogP) is 1.70. The highest BCUT2D eigenvalue weighted by molar-refractivity contribution is 6.76. The van der Waals surface area contributed by atoms with Crippen LogP contribution in [0.2, 0.25) is 25.7 Å². The van der Waals surface area contributed by atoms with Gasteiger partial charge in [-0.2, -0.15) is 5.10 Å². The van der Waals surface area contributed by atoms with Gasteiger partial charge < -0.3 is 10.5 Å². The van der Waals surface area contributed by atoms with Crippen LogP contribution in [0.15, 0.2) is 12.4 Å². The molecular weight excluding hydrogens is 218 g/mol. The predicted molar refractivity (Wildman–Crippen MR) is 69.1 cm³/mol. The van der Waals surface area contributed by atoms with E-state index in [0.717, 1.165) is 13.0 Å². The van der Waals surface area contributed by atoms with Gasteiger partial charge in [-0.05, 0) is 24.6 Å². The number of ether oxygens (including phenoxy) is 1. The van der Waals surface area contributed by atoms with E-state index in [1.165, 1.54) is 11.6 Å². The van der Waals surface area contributed by atoms with Crippen LogP contribution in [0, 0.1) is 0 Å². The number of hydrogen-bond acceptors (Lipinski definition) is 3.